The minimum atomic E-state index is -0.393. The third kappa shape index (κ3) is 3.30. The Kier molecular flexibility index (Phi) is 4.61. The van der Waals surface area contributed by atoms with Crippen LogP contribution in [0.4, 0.5) is 0 Å². The van der Waals surface area contributed by atoms with Gasteiger partial charge in [0.05, 0.1) is 7.11 Å². The molecule has 0 heterocycles. The SMILES string of the molecule is COC(=O)/C=C/[C@H]1[C@H](C(=O)c2ccc(C)cc2)[C@H]1c1ccccc1. The summed E-state index contributed by atoms with van der Waals surface area (Å²) in [6, 6.07) is 17.6. The van der Waals surface area contributed by atoms with Crippen LogP contribution in [0.3, 0.4) is 0 Å². The van der Waals surface area contributed by atoms with Crippen molar-refractivity contribution in [2.24, 2.45) is 11.8 Å². The Morgan fingerprint density at radius 3 is 2.29 bits per heavy atom. The van der Waals surface area contributed by atoms with Crippen LogP contribution in [0, 0.1) is 18.8 Å². The number of hydrogen-bond donors (Lipinski definition) is 0. The van der Waals surface area contributed by atoms with Gasteiger partial charge in [0.15, 0.2) is 5.78 Å². The summed E-state index contributed by atoms with van der Waals surface area (Å²) in [6.45, 7) is 2.00. The number of allylic oxidation sites excluding steroid dienone is 1. The van der Waals surface area contributed by atoms with Gasteiger partial charge in [0.25, 0.3) is 0 Å². The van der Waals surface area contributed by atoms with Gasteiger partial charge in [-0.15, -0.1) is 0 Å². The van der Waals surface area contributed by atoms with Crippen molar-refractivity contribution >= 4 is 11.8 Å². The van der Waals surface area contributed by atoms with Crippen molar-refractivity contribution in [1.82, 2.24) is 0 Å². The number of methoxy groups -OCH3 is 1. The number of ketones is 1. The summed E-state index contributed by atoms with van der Waals surface area (Å²) >= 11 is 0. The van der Waals surface area contributed by atoms with E-state index < -0.39 is 5.97 Å². The number of aryl methyl sites for hydroxylation is 1. The number of ether oxygens (including phenoxy) is 1. The quantitative estimate of drug-likeness (QED) is 0.476. The van der Waals surface area contributed by atoms with Crippen LogP contribution < -0.4 is 0 Å². The molecule has 0 radical (unpaired) electrons. The second-order valence-corrected chi connectivity index (χ2v) is 6.15. The number of hydrogen-bond acceptors (Lipinski definition) is 3. The lowest BCUT2D eigenvalue weighted by Gasteiger charge is -2.01. The van der Waals surface area contributed by atoms with E-state index in [1.54, 1.807) is 6.08 Å². The Bertz CT molecular complexity index is 759. The molecule has 24 heavy (non-hydrogen) atoms. The zero-order valence-corrected chi connectivity index (χ0v) is 13.8. The topological polar surface area (TPSA) is 43.4 Å². The Balaban J connectivity index is 1.85. The molecule has 0 spiro atoms. The summed E-state index contributed by atoms with van der Waals surface area (Å²) in [7, 11) is 1.35. The fourth-order valence-electron chi connectivity index (χ4n) is 3.18. The fourth-order valence-corrected chi connectivity index (χ4v) is 3.18. The van der Waals surface area contributed by atoms with Crippen LogP contribution in [-0.2, 0) is 9.53 Å². The third-order valence-corrected chi connectivity index (χ3v) is 4.55. The maximum Gasteiger partial charge on any atom is 0.330 e. The van der Waals surface area contributed by atoms with Gasteiger partial charge >= 0.3 is 5.97 Å². The third-order valence-electron chi connectivity index (χ3n) is 4.55. The minimum absolute atomic E-state index is 0.0281. The van der Waals surface area contributed by atoms with Gasteiger partial charge in [0, 0.05) is 23.5 Å². The molecule has 2 aromatic carbocycles. The molecule has 0 unspecified atom stereocenters. The maximum atomic E-state index is 12.9. The highest BCUT2D eigenvalue weighted by Crippen LogP contribution is 2.56. The molecule has 0 amide bonds. The van der Waals surface area contributed by atoms with Crippen LogP contribution in [0.15, 0.2) is 66.7 Å². The van der Waals surface area contributed by atoms with E-state index in [9.17, 15) is 9.59 Å². The highest BCUT2D eigenvalue weighted by molar-refractivity contribution is 6.01. The van der Waals surface area contributed by atoms with Crippen molar-refractivity contribution in [3.63, 3.8) is 0 Å². The van der Waals surface area contributed by atoms with Gasteiger partial charge in [-0.1, -0.05) is 66.2 Å². The highest BCUT2D eigenvalue weighted by Gasteiger charge is 2.53. The number of Topliss-reactive ketones (excluding diaryl/α,β-unsaturated/α-hetero) is 1. The lowest BCUT2D eigenvalue weighted by molar-refractivity contribution is -0.134. The molecular weight excluding hydrogens is 300 g/mol. The Labute approximate surface area is 142 Å². The molecule has 3 heteroatoms. The molecule has 0 aromatic heterocycles. The van der Waals surface area contributed by atoms with Crippen molar-refractivity contribution in [3.05, 3.63) is 83.4 Å². The second kappa shape index (κ2) is 6.83. The molecule has 0 saturated heterocycles. The lowest BCUT2D eigenvalue weighted by atomic mass is 10.0. The van der Waals surface area contributed by atoms with Gasteiger partial charge in [-0.2, -0.15) is 0 Å². The van der Waals surface area contributed by atoms with Crippen LogP contribution in [-0.4, -0.2) is 18.9 Å². The average Bonchev–Trinajstić information content (AvgIpc) is 3.34. The van der Waals surface area contributed by atoms with E-state index in [0.29, 0.717) is 0 Å². The molecule has 1 aliphatic rings. The lowest BCUT2D eigenvalue weighted by Crippen LogP contribution is -2.04. The summed E-state index contributed by atoms with van der Waals surface area (Å²) in [5.74, 6) is -0.254. The Morgan fingerprint density at radius 2 is 1.67 bits per heavy atom. The molecule has 3 rings (SSSR count). The van der Waals surface area contributed by atoms with Crippen LogP contribution in [0.2, 0.25) is 0 Å². The van der Waals surface area contributed by atoms with Crippen molar-refractivity contribution in [3.8, 4) is 0 Å². The molecule has 3 nitrogen and oxygen atoms in total. The number of rotatable bonds is 5. The first-order valence-electron chi connectivity index (χ1n) is 8.04. The van der Waals surface area contributed by atoms with E-state index >= 15 is 0 Å². The van der Waals surface area contributed by atoms with E-state index in [2.05, 4.69) is 4.74 Å². The molecule has 0 aliphatic heterocycles. The van der Waals surface area contributed by atoms with Crippen LogP contribution in [0.25, 0.3) is 0 Å². The highest BCUT2D eigenvalue weighted by atomic mass is 16.5. The zero-order chi connectivity index (χ0) is 17.1. The first-order valence-corrected chi connectivity index (χ1v) is 8.04. The number of benzene rings is 2. The standard InChI is InChI=1S/C21H20O3/c1-14-8-10-16(11-9-14)21(23)20-17(12-13-18(22)24-2)19(20)15-6-4-3-5-7-15/h3-13,17,19-20H,1-2H3/b13-12+/t17-,19+,20+/m1/s1. The minimum Gasteiger partial charge on any atom is -0.466 e. The monoisotopic (exact) mass is 320 g/mol. The summed E-state index contributed by atoms with van der Waals surface area (Å²) in [5, 5.41) is 0. The Morgan fingerprint density at radius 1 is 1.00 bits per heavy atom. The van der Waals surface area contributed by atoms with Crippen LogP contribution in [0.5, 0.6) is 0 Å². The molecule has 122 valence electrons. The molecular formula is C21H20O3. The fraction of sp³-hybridized carbons (Fsp3) is 0.238. The van der Waals surface area contributed by atoms with E-state index in [4.69, 9.17) is 0 Å². The second-order valence-electron chi connectivity index (χ2n) is 6.15. The molecule has 1 saturated carbocycles. The zero-order valence-electron chi connectivity index (χ0n) is 13.8. The first kappa shape index (κ1) is 16.2. The van der Waals surface area contributed by atoms with Crippen LogP contribution >= 0.6 is 0 Å². The summed E-state index contributed by atoms with van der Waals surface area (Å²) in [4.78, 5) is 24.3. The van der Waals surface area contributed by atoms with Gasteiger partial charge in [-0.05, 0) is 18.4 Å². The van der Waals surface area contributed by atoms with Gasteiger partial charge in [-0.25, -0.2) is 4.79 Å². The van der Waals surface area contributed by atoms with Gasteiger partial charge in [0.2, 0.25) is 0 Å². The van der Waals surface area contributed by atoms with Crippen molar-refractivity contribution < 1.29 is 14.3 Å². The average molecular weight is 320 g/mol. The number of esters is 1. The Hall–Kier alpha value is -2.68. The molecule has 0 N–H and O–H groups in total. The molecule has 3 atom stereocenters. The first-order chi connectivity index (χ1) is 11.6. The molecule has 2 aromatic rings. The van der Waals surface area contributed by atoms with Crippen molar-refractivity contribution in [2.45, 2.75) is 12.8 Å². The van der Waals surface area contributed by atoms with Gasteiger partial charge in [-0.3, -0.25) is 4.79 Å². The maximum absolute atomic E-state index is 12.9. The van der Waals surface area contributed by atoms with E-state index in [-0.39, 0.29) is 23.5 Å². The van der Waals surface area contributed by atoms with Gasteiger partial charge in [0.1, 0.15) is 0 Å². The predicted octanol–water partition coefficient (Wildman–Crippen LogP) is 3.94. The molecule has 1 fully saturated rings. The summed E-state index contributed by atoms with van der Waals surface area (Å²) in [5.41, 5.74) is 2.98. The van der Waals surface area contributed by atoms with Crippen molar-refractivity contribution in [2.75, 3.05) is 7.11 Å². The molecule has 0 bridgehead atoms. The predicted molar refractivity (Wildman–Crippen MR) is 92.8 cm³/mol. The van der Waals surface area contributed by atoms with Crippen LogP contribution in [0.1, 0.15) is 27.4 Å². The van der Waals surface area contributed by atoms with E-state index in [0.717, 1.165) is 16.7 Å². The summed E-state index contributed by atoms with van der Waals surface area (Å²) < 4.78 is 4.65. The van der Waals surface area contributed by atoms with Gasteiger partial charge < -0.3 is 4.74 Å². The number of carbonyl (C=O) groups excluding carboxylic acids is 2. The number of carbonyl (C=O) groups is 2. The van der Waals surface area contributed by atoms with E-state index in [1.807, 2.05) is 61.5 Å². The van der Waals surface area contributed by atoms with E-state index in [1.165, 1.54) is 13.2 Å². The normalized spacial score (nSPS) is 22.3. The molecule has 1 aliphatic carbocycles. The smallest absolute Gasteiger partial charge is 0.330 e. The largest absolute Gasteiger partial charge is 0.466 e. The van der Waals surface area contributed by atoms with Crippen molar-refractivity contribution in [1.29, 1.82) is 0 Å². The summed E-state index contributed by atoms with van der Waals surface area (Å²) in [6.07, 6.45) is 3.23.